The molecule has 0 unspecified atom stereocenters. The molecule has 1 aromatic carbocycles. The van der Waals surface area contributed by atoms with Crippen molar-refractivity contribution in [3.8, 4) is 0 Å². The molecule has 6 heteroatoms. The van der Waals surface area contributed by atoms with E-state index in [1.807, 2.05) is 49.5 Å². The summed E-state index contributed by atoms with van der Waals surface area (Å²) in [5, 5.41) is 8.59. The second-order valence-electron chi connectivity index (χ2n) is 8.26. The Labute approximate surface area is 197 Å². The van der Waals surface area contributed by atoms with Crippen molar-refractivity contribution in [2.24, 2.45) is 7.05 Å². The van der Waals surface area contributed by atoms with Crippen molar-refractivity contribution in [1.29, 1.82) is 0 Å². The Bertz CT molecular complexity index is 1420. The second-order valence-corrected chi connectivity index (χ2v) is 8.26. The molecule has 1 N–H and O–H groups in total. The Hall–Kier alpha value is -4.19. The van der Waals surface area contributed by atoms with Gasteiger partial charge in [0.25, 0.3) is 0 Å². The maximum Gasteiger partial charge on any atom is 0.161 e. The maximum atomic E-state index is 14.5. The van der Waals surface area contributed by atoms with E-state index in [0.717, 1.165) is 28.2 Å². The van der Waals surface area contributed by atoms with E-state index in [9.17, 15) is 4.39 Å². The molecular formula is C28H25FN4O. The van der Waals surface area contributed by atoms with Gasteiger partial charge in [-0.3, -0.25) is 10.1 Å². The number of pyridine rings is 1. The van der Waals surface area contributed by atoms with Crippen molar-refractivity contribution in [2.45, 2.75) is 19.4 Å². The third-order valence-electron chi connectivity index (χ3n) is 5.79. The summed E-state index contributed by atoms with van der Waals surface area (Å²) in [5.41, 5.74) is 5.69. The van der Waals surface area contributed by atoms with Crippen LogP contribution in [0.3, 0.4) is 0 Å². The highest BCUT2D eigenvalue weighted by Gasteiger charge is 2.14. The summed E-state index contributed by atoms with van der Waals surface area (Å²) in [5.74, 6) is 0.0474. The number of allylic oxidation sites excluding steroid dienone is 5. The molecule has 0 amide bonds. The molecule has 1 aliphatic rings. The first-order valence-electron chi connectivity index (χ1n) is 11.2. The van der Waals surface area contributed by atoms with Crippen LogP contribution in [0.4, 0.5) is 4.39 Å². The second kappa shape index (κ2) is 9.75. The van der Waals surface area contributed by atoms with E-state index in [1.165, 1.54) is 17.0 Å². The van der Waals surface area contributed by atoms with Crippen LogP contribution in [0.5, 0.6) is 0 Å². The fourth-order valence-electron chi connectivity index (χ4n) is 3.90. The summed E-state index contributed by atoms with van der Waals surface area (Å²) in [4.78, 5) is 4.20. The predicted molar refractivity (Wildman–Crippen MR) is 134 cm³/mol. The average Bonchev–Trinajstić information content (AvgIpc) is 3.48. The van der Waals surface area contributed by atoms with Crippen molar-refractivity contribution in [2.75, 3.05) is 0 Å². The molecule has 3 aromatic heterocycles. The lowest BCUT2D eigenvalue weighted by Gasteiger charge is -2.15. The Morgan fingerprint density at radius 2 is 2.00 bits per heavy atom. The van der Waals surface area contributed by atoms with Gasteiger partial charge in [0.2, 0.25) is 0 Å². The van der Waals surface area contributed by atoms with Gasteiger partial charge in [-0.15, -0.1) is 0 Å². The number of aryl methyl sites for hydroxylation is 1. The summed E-state index contributed by atoms with van der Waals surface area (Å²) >= 11 is 0. The van der Waals surface area contributed by atoms with Crippen molar-refractivity contribution in [1.82, 2.24) is 19.7 Å². The first-order valence-corrected chi connectivity index (χ1v) is 11.2. The molecule has 34 heavy (non-hydrogen) atoms. The minimum atomic E-state index is -0.331. The van der Waals surface area contributed by atoms with Gasteiger partial charge in [-0.05, 0) is 71.5 Å². The number of nitrogens with one attached hydrogen (secondary N) is 1. The summed E-state index contributed by atoms with van der Waals surface area (Å²) < 4.78 is 22.2. The molecule has 0 bridgehead atoms. The standard InChI is InChI=1S/C28H25FN4O/c1-33-15-13-22-9-5-21(17-27(22)33)7-11-24-18-23(31-32-24)10-6-20-8-12-28(26(29)16-20)34-19-25-4-2-3-14-30-25/h2-7,9-11,13-18H,8,12,19H2,1H3,(H,31,32)/b10-6+,11-7+. The quantitative estimate of drug-likeness (QED) is 0.344. The van der Waals surface area contributed by atoms with Crippen LogP contribution in [0.1, 0.15) is 35.5 Å². The lowest BCUT2D eigenvalue weighted by Crippen LogP contribution is -2.01. The van der Waals surface area contributed by atoms with Crippen molar-refractivity contribution in [3.05, 3.63) is 113 Å². The van der Waals surface area contributed by atoms with Crippen LogP contribution >= 0.6 is 0 Å². The minimum Gasteiger partial charge on any atom is -0.489 e. The van der Waals surface area contributed by atoms with E-state index in [4.69, 9.17) is 4.74 Å². The van der Waals surface area contributed by atoms with Crippen LogP contribution in [0.2, 0.25) is 0 Å². The Morgan fingerprint density at radius 3 is 2.85 bits per heavy atom. The molecule has 0 atom stereocenters. The topological polar surface area (TPSA) is 55.7 Å². The number of halogens is 1. The molecule has 1 aliphatic carbocycles. The number of H-pyrrole nitrogens is 1. The predicted octanol–water partition coefficient (Wildman–Crippen LogP) is 6.60. The van der Waals surface area contributed by atoms with Gasteiger partial charge in [0.15, 0.2) is 5.83 Å². The maximum absolute atomic E-state index is 14.5. The number of fused-ring (bicyclic) bond motifs is 1. The summed E-state index contributed by atoms with van der Waals surface area (Å²) in [6.45, 7) is 0.269. The normalized spacial score (nSPS) is 14.5. The number of benzene rings is 1. The zero-order chi connectivity index (χ0) is 23.3. The van der Waals surface area contributed by atoms with Crippen LogP contribution in [-0.4, -0.2) is 19.7 Å². The monoisotopic (exact) mass is 452 g/mol. The smallest absolute Gasteiger partial charge is 0.161 e. The summed E-state index contributed by atoms with van der Waals surface area (Å²) in [7, 11) is 2.04. The molecule has 3 heterocycles. The molecule has 0 radical (unpaired) electrons. The highest BCUT2D eigenvalue weighted by Crippen LogP contribution is 2.27. The van der Waals surface area contributed by atoms with Gasteiger partial charge in [-0.25, -0.2) is 4.39 Å². The van der Waals surface area contributed by atoms with E-state index < -0.39 is 0 Å². The van der Waals surface area contributed by atoms with E-state index in [-0.39, 0.29) is 12.4 Å². The van der Waals surface area contributed by atoms with Gasteiger partial charge in [0.1, 0.15) is 12.4 Å². The van der Waals surface area contributed by atoms with E-state index in [1.54, 1.807) is 6.20 Å². The zero-order valence-electron chi connectivity index (χ0n) is 18.9. The van der Waals surface area contributed by atoms with Crippen LogP contribution in [0.25, 0.3) is 29.1 Å². The van der Waals surface area contributed by atoms with Crippen LogP contribution < -0.4 is 0 Å². The first kappa shape index (κ1) is 21.6. The van der Waals surface area contributed by atoms with Gasteiger partial charge in [-0.2, -0.15) is 5.10 Å². The van der Waals surface area contributed by atoms with Gasteiger partial charge in [-0.1, -0.05) is 30.4 Å². The van der Waals surface area contributed by atoms with E-state index >= 15 is 0 Å². The van der Waals surface area contributed by atoms with E-state index in [0.29, 0.717) is 18.6 Å². The van der Waals surface area contributed by atoms with Gasteiger partial charge in [0.05, 0.1) is 17.1 Å². The van der Waals surface area contributed by atoms with Crippen LogP contribution in [0.15, 0.2) is 90.2 Å². The zero-order valence-corrected chi connectivity index (χ0v) is 18.9. The molecule has 0 spiro atoms. The van der Waals surface area contributed by atoms with Crippen molar-refractivity contribution in [3.63, 3.8) is 0 Å². The average molecular weight is 453 g/mol. The number of nitrogens with zero attached hydrogens (tertiary/aromatic N) is 3. The molecular weight excluding hydrogens is 427 g/mol. The molecule has 0 saturated heterocycles. The third kappa shape index (κ3) is 5.07. The third-order valence-corrected chi connectivity index (χ3v) is 5.79. The number of ether oxygens (including phenoxy) is 1. The number of rotatable bonds is 7. The van der Waals surface area contributed by atoms with Crippen LogP contribution in [0, 0.1) is 0 Å². The van der Waals surface area contributed by atoms with Gasteiger partial charge < -0.3 is 9.30 Å². The lowest BCUT2D eigenvalue weighted by atomic mass is 10.0. The SMILES string of the molecule is Cn1ccc2ccc(/C=C/c3cc(/C=C/C4=CC(F)=C(OCc5ccccn5)CC4)n[nH]3)cc21. The first-order chi connectivity index (χ1) is 16.6. The Balaban J connectivity index is 1.21. The molecule has 0 saturated carbocycles. The number of aromatic nitrogens is 4. The largest absolute Gasteiger partial charge is 0.489 e. The Kier molecular flexibility index (Phi) is 6.21. The highest BCUT2D eigenvalue weighted by atomic mass is 19.1. The minimum absolute atomic E-state index is 0.269. The molecule has 5 rings (SSSR count). The van der Waals surface area contributed by atoms with Gasteiger partial charge >= 0.3 is 0 Å². The number of aromatic amines is 1. The molecule has 0 aliphatic heterocycles. The van der Waals surface area contributed by atoms with Crippen molar-refractivity contribution < 1.29 is 9.13 Å². The molecule has 170 valence electrons. The van der Waals surface area contributed by atoms with Gasteiger partial charge in [0, 0.05) is 31.4 Å². The number of hydrogen-bond acceptors (Lipinski definition) is 3. The number of hydrogen-bond donors (Lipinski definition) is 1. The van der Waals surface area contributed by atoms with Crippen molar-refractivity contribution >= 4 is 29.1 Å². The molecule has 0 fully saturated rings. The molecule has 4 aromatic rings. The fourth-order valence-corrected chi connectivity index (χ4v) is 3.90. The summed E-state index contributed by atoms with van der Waals surface area (Å²) in [6.07, 6.45) is 14.4. The lowest BCUT2D eigenvalue weighted by molar-refractivity contribution is 0.175. The van der Waals surface area contributed by atoms with E-state index in [2.05, 4.69) is 56.3 Å². The summed E-state index contributed by atoms with van der Waals surface area (Å²) in [6, 6.07) is 16.0. The fraction of sp³-hybridized carbons (Fsp3) is 0.143. The van der Waals surface area contributed by atoms with Crippen LogP contribution in [-0.2, 0) is 18.4 Å². The Morgan fingerprint density at radius 1 is 1.06 bits per heavy atom. The highest BCUT2D eigenvalue weighted by molar-refractivity contribution is 5.84. The molecule has 5 nitrogen and oxygen atoms in total.